The van der Waals surface area contributed by atoms with E-state index in [0.717, 1.165) is 0 Å². The molecule has 1 aromatic rings. The van der Waals surface area contributed by atoms with Gasteiger partial charge in [0, 0.05) is 0 Å². The summed E-state index contributed by atoms with van der Waals surface area (Å²) in [6, 6.07) is 6.54. The number of carboxylic acids is 1. The molecule has 1 atom stereocenters. The van der Waals surface area contributed by atoms with Gasteiger partial charge in [-0.1, -0.05) is 18.2 Å². The van der Waals surface area contributed by atoms with E-state index in [4.69, 9.17) is 20.3 Å². The van der Waals surface area contributed by atoms with Gasteiger partial charge in [0.25, 0.3) is 0 Å². The van der Waals surface area contributed by atoms with Gasteiger partial charge in [-0.2, -0.15) is 0 Å². The van der Waals surface area contributed by atoms with Crippen LogP contribution in [0.5, 0.6) is 0 Å². The third kappa shape index (κ3) is 6.14. The van der Waals surface area contributed by atoms with Gasteiger partial charge >= 0.3 is 5.97 Å². The van der Waals surface area contributed by atoms with E-state index in [0.29, 0.717) is 18.8 Å². The summed E-state index contributed by atoms with van der Waals surface area (Å²) in [5.74, 6) is -0.954. The standard InChI is InChI=1S/C15H23NO4/c1-15(2,3)20-10-12(16)9-19-8-11-6-4-5-7-13(11)14(17)18/h4-7,12H,8-10,16H2,1-3H3,(H,17,18). The Balaban J connectivity index is 2.39. The highest BCUT2D eigenvalue weighted by Crippen LogP contribution is 2.11. The van der Waals surface area contributed by atoms with E-state index in [-0.39, 0.29) is 23.8 Å². The van der Waals surface area contributed by atoms with Gasteiger partial charge in [-0.25, -0.2) is 4.79 Å². The van der Waals surface area contributed by atoms with Gasteiger partial charge in [0.1, 0.15) is 0 Å². The topological polar surface area (TPSA) is 81.8 Å². The number of hydrogen-bond donors (Lipinski definition) is 2. The van der Waals surface area contributed by atoms with Crippen LogP contribution in [0, 0.1) is 0 Å². The molecular formula is C15H23NO4. The molecule has 0 bridgehead atoms. The zero-order valence-electron chi connectivity index (χ0n) is 12.3. The molecule has 1 rings (SSSR count). The molecule has 0 fully saturated rings. The third-order valence-electron chi connectivity index (χ3n) is 2.57. The zero-order valence-corrected chi connectivity index (χ0v) is 12.3. The average Bonchev–Trinajstić information content (AvgIpc) is 2.36. The summed E-state index contributed by atoms with van der Waals surface area (Å²) < 4.78 is 11.0. The molecule has 0 aliphatic rings. The van der Waals surface area contributed by atoms with Crippen LogP contribution in [0.2, 0.25) is 0 Å². The van der Waals surface area contributed by atoms with Crippen molar-refractivity contribution in [2.75, 3.05) is 13.2 Å². The first kappa shape index (κ1) is 16.6. The lowest BCUT2D eigenvalue weighted by Crippen LogP contribution is -2.35. The number of nitrogens with two attached hydrogens (primary N) is 1. The summed E-state index contributed by atoms with van der Waals surface area (Å²) in [4.78, 5) is 11.0. The fourth-order valence-corrected chi connectivity index (χ4v) is 1.58. The largest absolute Gasteiger partial charge is 0.478 e. The Morgan fingerprint density at radius 1 is 1.30 bits per heavy atom. The molecule has 0 amide bonds. The van der Waals surface area contributed by atoms with Crippen molar-refractivity contribution in [1.82, 2.24) is 0 Å². The predicted octanol–water partition coefficient (Wildman–Crippen LogP) is 2.04. The van der Waals surface area contributed by atoms with Crippen molar-refractivity contribution >= 4 is 5.97 Å². The van der Waals surface area contributed by atoms with Crippen LogP contribution >= 0.6 is 0 Å². The minimum Gasteiger partial charge on any atom is -0.478 e. The Bertz CT molecular complexity index is 440. The van der Waals surface area contributed by atoms with Crippen molar-refractivity contribution in [3.05, 3.63) is 35.4 Å². The minimum atomic E-state index is -0.954. The van der Waals surface area contributed by atoms with E-state index in [1.807, 2.05) is 20.8 Å². The second kappa shape index (κ2) is 7.38. The Kier molecular flexibility index (Phi) is 6.13. The molecule has 0 radical (unpaired) electrons. The number of hydrogen-bond acceptors (Lipinski definition) is 4. The second-order valence-corrected chi connectivity index (χ2v) is 5.66. The number of rotatable bonds is 7. The minimum absolute atomic E-state index is 0.228. The smallest absolute Gasteiger partial charge is 0.336 e. The quantitative estimate of drug-likeness (QED) is 0.799. The molecule has 112 valence electrons. The molecule has 5 nitrogen and oxygen atoms in total. The maximum atomic E-state index is 11.0. The molecule has 1 aromatic carbocycles. The average molecular weight is 281 g/mol. The van der Waals surface area contributed by atoms with Crippen LogP contribution < -0.4 is 5.73 Å². The molecule has 1 unspecified atom stereocenters. The maximum Gasteiger partial charge on any atom is 0.336 e. The molecule has 0 aliphatic heterocycles. The number of benzene rings is 1. The van der Waals surface area contributed by atoms with Crippen molar-refractivity contribution in [2.45, 2.75) is 39.0 Å². The van der Waals surface area contributed by atoms with Gasteiger partial charge in [-0.15, -0.1) is 0 Å². The maximum absolute atomic E-state index is 11.0. The fraction of sp³-hybridized carbons (Fsp3) is 0.533. The van der Waals surface area contributed by atoms with Crippen molar-refractivity contribution in [2.24, 2.45) is 5.73 Å². The monoisotopic (exact) mass is 281 g/mol. The Morgan fingerprint density at radius 3 is 2.55 bits per heavy atom. The van der Waals surface area contributed by atoms with Crippen molar-refractivity contribution in [3.8, 4) is 0 Å². The number of carbonyl (C=O) groups is 1. The van der Waals surface area contributed by atoms with E-state index < -0.39 is 5.97 Å². The Labute approximate surface area is 119 Å². The molecular weight excluding hydrogens is 258 g/mol. The van der Waals surface area contributed by atoms with Gasteiger partial charge in [0.05, 0.1) is 37.0 Å². The summed E-state index contributed by atoms with van der Waals surface area (Å²) >= 11 is 0. The molecule has 3 N–H and O–H groups in total. The molecule has 0 aromatic heterocycles. The van der Waals surface area contributed by atoms with Crippen molar-refractivity contribution < 1.29 is 19.4 Å². The van der Waals surface area contributed by atoms with Crippen LogP contribution in [-0.2, 0) is 16.1 Å². The van der Waals surface area contributed by atoms with E-state index in [9.17, 15) is 4.79 Å². The molecule has 0 heterocycles. The first-order valence-corrected chi connectivity index (χ1v) is 6.58. The molecule has 0 aliphatic carbocycles. The normalized spacial score (nSPS) is 13.2. The predicted molar refractivity (Wildman–Crippen MR) is 76.7 cm³/mol. The van der Waals surface area contributed by atoms with E-state index in [2.05, 4.69) is 0 Å². The van der Waals surface area contributed by atoms with Gasteiger partial charge in [0.15, 0.2) is 0 Å². The van der Waals surface area contributed by atoms with Gasteiger partial charge in [-0.3, -0.25) is 0 Å². The highest BCUT2D eigenvalue weighted by Gasteiger charge is 2.13. The van der Waals surface area contributed by atoms with Crippen LogP contribution in [0.1, 0.15) is 36.7 Å². The SMILES string of the molecule is CC(C)(C)OCC(N)COCc1ccccc1C(=O)O. The summed E-state index contributed by atoms with van der Waals surface area (Å²) in [6.45, 7) is 6.84. The summed E-state index contributed by atoms with van der Waals surface area (Å²) in [5.41, 5.74) is 6.55. The van der Waals surface area contributed by atoms with Gasteiger partial charge < -0.3 is 20.3 Å². The molecule has 0 spiro atoms. The van der Waals surface area contributed by atoms with E-state index >= 15 is 0 Å². The van der Waals surface area contributed by atoms with Gasteiger partial charge in [-0.05, 0) is 32.4 Å². The third-order valence-corrected chi connectivity index (χ3v) is 2.57. The lowest BCUT2D eigenvalue weighted by atomic mass is 10.1. The van der Waals surface area contributed by atoms with Crippen LogP contribution in [-0.4, -0.2) is 35.9 Å². The Morgan fingerprint density at radius 2 is 1.95 bits per heavy atom. The zero-order chi connectivity index (χ0) is 15.2. The molecule has 0 saturated heterocycles. The molecule has 0 saturated carbocycles. The van der Waals surface area contributed by atoms with E-state index in [1.54, 1.807) is 24.3 Å². The lowest BCUT2D eigenvalue weighted by Gasteiger charge is -2.22. The number of ether oxygens (including phenoxy) is 2. The second-order valence-electron chi connectivity index (χ2n) is 5.66. The van der Waals surface area contributed by atoms with Crippen LogP contribution in [0.15, 0.2) is 24.3 Å². The van der Waals surface area contributed by atoms with Crippen LogP contribution in [0.4, 0.5) is 0 Å². The van der Waals surface area contributed by atoms with Crippen molar-refractivity contribution in [3.63, 3.8) is 0 Å². The summed E-state index contributed by atoms with van der Waals surface area (Å²) in [5, 5.41) is 9.05. The molecule has 5 heteroatoms. The van der Waals surface area contributed by atoms with E-state index in [1.165, 1.54) is 0 Å². The summed E-state index contributed by atoms with van der Waals surface area (Å²) in [6.07, 6.45) is 0. The Hall–Kier alpha value is -1.43. The van der Waals surface area contributed by atoms with Crippen molar-refractivity contribution in [1.29, 1.82) is 0 Å². The molecule has 20 heavy (non-hydrogen) atoms. The summed E-state index contributed by atoms with van der Waals surface area (Å²) in [7, 11) is 0. The number of aromatic carboxylic acids is 1. The van der Waals surface area contributed by atoms with Crippen LogP contribution in [0.25, 0.3) is 0 Å². The highest BCUT2D eigenvalue weighted by molar-refractivity contribution is 5.89. The fourth-order valence-electron chi connectivity index (χ4n) is 1.58. The van der Waals surface area contributed by atoms with Gasteiger partial charge in [0.2, 0.25) is 0 Å². The first-order chi connectivity index (χ1) is 9.29. The number of carboxylic acid groups (broad SMARTS) is 1. The first-order valence-electron chi connectivity index (χ1n) is 6.58. The lowest BCUT2D eigenvalue weighted by molar-refractivity contribution is -0.0235. The highest BCUT2D eigenvalue weighted by atomic mass is 16.5. The van der Waals surface area contributed by atoms with Crippen LogP contribution in [0.3, 0.4) is 0 Å².